The van der Waals surface area contributed by atoms with Crippen LogP contribution in [0.4, 0.5) is 0 Å². The van der Waals surface area contributed by atoms with Crippen molar-refractivity contribution in [2.75, 3.05) is 6.54 Å². The van der Waals surface area contributed by atoms with E-state index in [1.54, 1.807) is 0 Å². The first kappa shape index (κ1) is 10.6. The third kappa shape index (κ3) is 1.90. The molecule has 0 fully saturated rings. The van der Waals surface area contributed by atoms with Gasteiger partial charge in [-0.25, -0.2) is 5.84 Å². The van der Waals surface area contributed by atoms with Crippen LogP contribution in [0.1, 0.15) is 11.1 Å². The lowest BCUT2D eigenvalue weighted by molar-refractivity contribution is -0.146. The van der Waals surface area contributed by atoms with Crippen molar-refractivity contribution in [2.24, 2.45) is 5.84 Å². The minimum atomic E-state index is -0.764. The number of nitrogens with one attached hydrogen (secondary N) is 1. The van der Waals surface area contributed by atoms with Gasteiger partial charge in [0.1, 0.15) is 0 Å². The van der Waals surface area contributed by atoms with Crippen LogP contribution in [0.15, 0.2) is 24.3 Å². The summed E-state index contributed by atoms with van der Waals surface area (Å²) < 4.78 is 0. The Bertz CT molecular complexity index is 431. The molecule has 1 aliphatic rings. The zero-order chi connectivity index (χ0) is 11.5. The molecule has 2 amide bonds. The number of carbonyl (C=O) groups excluding carboxylic acids is 2. The summed E-state index contributed by atoms with van der Waals surface area (Å²) in [6.45, 7) is 1.03. The van der Waals surface area contributed by atoms with Gasteiger partial charge in [0, 0.05) is 13.1 Å². The third-order valence-corrected chi connectivity index (χ3v) is 2.74. The van der Waals surface area contributed by atoms with Gasteiger partial charge in [-0.15, -0.1) is 0 Å². The number of benzene rings is 1. The quantitative estimate of drug-likeness (QED) is 0.269. The minimum Gasteiger partial charge on any atom is -0.330 e. The van der Waals surface area contributed by atoms with Gasteiger partial charge >= 0.3 is 11.8 Å². The number of carbonyl (C=O) groups is 2. The lowest BCUT2D eigenvalue weighted by Gasteiger charge is -2.27. The Morgan fingerprint density at radius 1 is 1.25 bits per heavy atom. The molecule has 1 aromatic rings. The Morgan fingerprint density at radius 2 is 1.94 bits per heavy atom. The second-order valence-corrected chi connectivity index (χ2v) is 3.72. The average Bonchev–Trinajstić information content (AvgIpc) is 2.36. The molecule has 2 rings (SSSR count). The van der Waals surface area contributed by atoms with Crippen LogP contribution < -0.4 is 11.3 Å². The molecular formula is C11H13N3O2. The van der Waals surface area contributed by atoms with Gasteiger partial charge in [0.05, 0.1) is 0 Å². The molecule has 3 N–H and O–H groups in total. The van der Waals surface area contributed by atoms with Crippen LogP contribution in [0.25, 0.3) is 0 Å². The molecular weight excluding hydrogens is 206 g/mol. The van der Waals surface area contributed by atoms with E-state index in [4.69, 9.17) is 5.84 Å². The predicted molar refractivity (Wildman–Crippen MR) is 57.9 cm³/mol. The van der Waals surface area contributed by atoms with Gasteiger partial charge in [0.15, 0.2) is 0 Å². The van der Waals surface area contributed by atoms with E-state index in [2.05, 4.69) is 0 Å². The van der Waals surface area contributed by atoms with Crippen LogP contribution >= 0.6 is 0 Å². The van der Waals surface area contributed by atoms with E-state index >= 15 is 0 Å². The fourth-order valence-electron chi connectivity index (χ4n) is 1.87. The van der Waals surface area contributed by atoms with E-state index in [0.29, 0.717) is 13.1 Å². The summed E-state index contributed by atoms with van der Waals surface area (Å²) in [5.41, 5.74) is 4.18. The smallest absolute Gasteiger partial charge is 0.323 e. The van der Waals surface area contributed by atoms with Crippen LogP contribution in [-0.4, -0.2) is 23.3 Å². The number of hydrogen-bond donors (Lipinski definition) is 2. The maximum Gasteiger partial charge on any atom is 0.323 e. The summed E-state index contributed by atoms with van der Waals surface area (Å²) in [5, 5.41) is 0. The zero-order valence-electron chi connectivity index (χ0n) is 8.77. The molecule has 0 radical (unpaired) electrons. The molecule has 84 valence electrons. The van der Waals surface area contributed by atoms with Crippen LogP contribution in [0.2, 0.25) is 0 Å². The maximum absolute atomic E-state index is 11.6. The van der Waals surface area contributed by atoms with Crippen LogP contribution in [0.5, 0.6) is 0 Å². The van der Waals surface area contributed by atoms with Crippen molar-refractivity contribution in [3.05, 3.63) is 35.4 Å². The van der Waals surface area contributed by atoms with Crippen LogP contribution in [-0.2, 0) is 22.6 Å². The molecule has 5 heteroatoms. The monoisotopic (exact) mass is 219 g/mol. The van der Waals surface area contributed by atoms with Crippen LogP contribution in [0.3, 0.4) is 0 Å². The zero-order valence-corrected chi connectivity index (χ0v) is 8.77. The Hall–Kier alpha value is -1.88. The van der Waals surface area contributed by atoms with E-state index in [-0.39, 0.29) is 0 Å². The second-order valence-electron chi connectivity index (χ2n) is 3.72. The van der Waals surface area contributed by atoms with Crippen molar-refractivity contribution in [1.29, 1.82) is 0 Å². The van der Waals surface area contributed by atoms with Crippen molar-refractivity contribution in [3.63, 3.8) is 0 Å². The summed E-state index contributed by atoms with van der Waals surface area (Å²) in [7, 11) is 0. The lowest BCUT2D eigenvalue weighted by Crippen LogP contribution is -2.47. The normalized spacial score (nSPS) is 14.2. The highest BCUT2D eigenvalue weighted by molar-refractivity contribution is 6.34. The summed E-state index contributed by atoms with van der Waals surface area (Å²) in [6, 6.07) is 7.91. The molecule has 0 bridgehead atoms. The number of fused-ring (bicyclic) bond motifs is 1. The Kier molecular flexibility index (Phi) is 2.87. The molecule has 1 aliphatic heterocycles. The molecule has 0 aromatic heterocycles. The Morgan fingerprint density at radius 3 is 2.62 bits per heavy atom. The van der Waals surface area contributed by atoms with Crippen LogP contribution in [0, 0.1) is 0 Å². The first-order valence-corrected chi connectivity index (χ1v) is 5.09. The van der Waals surface area contributed by atoms with Gasteiger partial charge in [0.2, 0.25) is 0 Å². The summed E-state index contributed by atoms with van der Waals surface area (Å²) in [5.74, 6) is 3.59. The van der Waals surface area contributed by atoms with Gasteiger partial charge in [0.25, 0.3) is 0 Å². The molecule has 0 saturated carbocycles. The first-order chi connectivity index (χ1) is 7.72. The number of nitrogens with zero attached hydrogens (tertiary/aromatic N) is 1. The summed E-state index contributed by atoms with van der Waals surface area (Å²) >= 11 is 0. The molecule has 1 aromatic carbocycles. The number of nitrogens with two attached hydrogens (primary N) is 1. The highest BCUT2D eigenvalue weighted by Gasteiger charge is 2.24. The molecule has 0 saturated heterocycles. The average molecular weight is 219 g/mol. The molecule has 0 aliphatic carbocycles. The lowest BCUT2D eigenvalue weighted by atomic mass is 10.00. The molecule has 1 heterocycles. The van der Waals surface area contributed by atoms with E-state index in [1.807, 2.05) is 29.7 Å². The number of rotatable bonds is 0. The highest BCUT2D eigenvalue weighted by Crippen LogP contribution is 2.18. The highest BCUT2D eigenvalue weighted by atomic mass is 16.2. The fraction of sp³-hybridized carbons (Fsp3) is 0.273. The molecule has 0 spiro atoms. The van der Waals surface area contributed by atoms with E-state index in [9.17, 15) is 9.59 Å². The standard InChI is InChI=1S/C11H13N3O2/c12-13-10(15)11(16)14-6-5-8-3-1-2-4-9(8)7-14/h1-4H,5-7,12H2,(H,13,15). The molecule has 16 heavy (non-hydrogen) atoms. The van der Waals surface area contributed by atoms with Crippen molar-refractivity contribution in [3.8, 4) is 0 Å². The fourth-order valence-corrected chi connectivity index (χ4v) is 1.87. The maximum atomic E-state index is 11.6. The molecule has 5 nitrogen and oxygen atoms in total. The second kappa shape index (κ2) is 4.32. The van der Waals surface area contributed by atoms with Crippen molar-refractivity contribution in [2.45, 2.75) is 13.0 Å². The first-order valence-electron chi connectivity index (χ1n) is 5.09. The molecule has 0 unspecified atom stereocenters. The van der Waals surface area contributed by atoms with Crippen molar-refractivity contribution in [1.82, 2.24) is 10.3 Å². The van der Waals surface area contributed by atoms with E-state index < -0.39 is 11.8 Å². The Labute approximate surface area is 93.2 Å². The van der Waals surface area contributed by atoms with Gasteiger partial charge in [-0.3, -0.25) is 15.0 Å². The summed E-state index contributed by atoms with van der Waals surface area (Å²) in [6.07, 6.45) is 0.778. The van der Waals surface area contributed by atoms with E-state index in [0.717, 1.165) is 12.0 Å². The van der Waals surface area contributed by atoms with Gasteiger partial charge in [-0.2, -0.15) is 0 Å². The van der Waals surface area contributed by atoms with Gasteiger partial charge in [-0.05, 0) is 17.5 Å². The van der Waals surface area contributed by atoms with Gasteiger partial charge < -0.3 is 4.90 Å². The van der Waals surface area contributed by atoms with Crippen molar-refractivity contribution < 1.29 is 9.59 Å². The van der Waals surface area contributed by atoms with Crippen molar-refractivity contribution >= 4 is 11.8 Å². The number of hydrogen-bond acceptors (Lipinski definition) is 3. The number of amides is 2. The Balaban J connectivity index is 2.14. The third-order valence-electron chi connectivity index (χ3n) is 2.74. The van der Waals surface area contributed by atoms with Gasteiger partial charge in [-0.1, -0.05) is 24.3 Å². The largest absolute Gasteiger partial charge is 0.330 e. The number of hydrazine groups is 1. The topological polar surface area (TPSA) is 75.4 Å². The summed E-state index contributed by atoms with van der Waals surface area (Å²) in [4.78, 5) is 24.2. The van der Waals surface area contributed by atoms with E-state index in [1.165, 1.54) is 10.5 Å². The molecule has 0 atom stereocenters. The predicted octanol–water partition coefficient (Wildman–Crippen LogP) is -0.439. The SMILES string of the molecule is NNC(=O)C(=O)N1CCc2ccccc2C1. The minimum absolute atomic E-state index is 0.475.